The van der Waals surface area contributed by atoms with Gasteiger partial charge in [0.1, 0.15) is 12.0 Å². The van der Waals surface area contributed by atoms with E-state index in [4.69, 9.17) is 10.8 Å². The number of rotatable bonds is 4. The van der Waals surface area contributed by atoms with Gasteiger partial charge >= 0.3 is 11.6 Å². The molecule has 4 heterocycles. The second-order valence-electron chi connectivity index (χ2n) is 15.3. The molecular formula is C35H44BrN7O7. The smallest absolute Gasteiger partial charge is 0.363 e. The lowest BCUT2D eigenvalue weighted by molar-refractivity contribution is -0.389. The molecule has 0 unspecified atom stereocenters. The summed E-state index contributed by atoms with van der Waals surface area (Å²) in [6.07, 6.45) is 15.3. The molecule has 0 aromatic carbocycles. The number of aliphatic hydroxyl groups is 3. The van der Waals surface area contributed by atoms with Gasteiger partial charge in [0.05, 0.1) is 22.8 Å². The molecule has 6 aliphatic rings. The Kier molecular flexibility index (Phi) is 10.5. The third-order valence-corrected chi connectivity index (χ3v) is 11.8. The first-order chi connectivity index (χ1) is 23.8. The fourth-order valence-electron chi connectivity index (χ4n) is 8.58. The Morgan fingerprint density at radius 1 is 0.640 bits per heavy atom. The van der Waals surface area contributed by atoms with Crippen molar-refractivity contribution in [3.05, 3.63) is 90.8 Å². The van der Waals surface area contributed by atoms with Crippen molar-refractivity contribution >= 4 is 33.4 Å². The summed E-state index contributed by atoms with van der Waals surface area (Å²) in [6, 6.07) is 10.1. The molecule has 0 radical (unpaired) electrons. The summed E-state index contributed by atoms with van der Waals surface area (Å²) in [6.45, 7) is 2.29. The minimum absolute atomic E-state index is 0.0251. The summed E-state index contributed by atoms with van der Waals surface area (Å²) >= 11 is 3.11. The maximum Gasteiger partial charge on any atom is 0.363 e. The molecule has 50 heavy (non-hydrogen) atoms. The highest BCUT2D eigenvalue weighted by molar-refractivity contribution is 9.10. The van der Waals surface area contributed by atoms with Crippen molar-refractivity contribution in [3.63, 3.8) is 0 Å². The number of hydrogen-bond acceptors (Lipinski definition) is 12. The summed E-state index contributed by atoms with van der Waals surface area (Å²) in [5, 5.41) is 51.3. The number of aliphatic hydroxyl groups excluding tert-OH is 3. The van der Waals surface area contributed by atoms with E-state index in [1.807, 2.05) is 12.3 Å². The summed E-state index contributed by atoms with van der Waals surface area (Å²) < 4.78 is 0.734. The van der Waals surface area contributed by atoms with Crippen LogP contribution in [0.2, 0.25) is 0 Å². The van der Waals surface area contributed by atoms with Crippen LogP contribution in [0.25, 0.3) is 0 Å². The van der Waals surface area contributed by atoms with E-state index in [1.54, 1.807) is 18.3 Å². The Balaban J connectivity index is 0.000000120. The molecule has 6 N–H and O–H groups in total. The first-order valence-corrected chi connectivity index (χ1v) is 17.9. The van der Waals surface area contributed by atoms with Gasteiger partial charge in [-0.3, -0.25) is 0 Å². The largest absolute Gasteiger partial charge is 0.393 e. The minimum atomic E-state index is -0.535. The number of halogens is 1. The maximum atomic E-state index is 10.5. The third kappa shape index (κ3) is 8.28. The molecule has 3 aromatic rings. The van der Waals surface area contributed by atoms with Crippen LogP contribution in [0.5, 0.6) is 0 Å². The van der Waals surface area contributed by atoms with Crippen LogP contribution < -0.4 is 11.1 Å². The third-order valence-electron chi connectivity index (χ3n) is 11.3. The van der Waals surface area contributed by atoms with Gasteiger partial charge in [-0.1, -0.05) is 6.07 Å². The molecule has 3 aromatic heterocycles. The van der Waals surface area contributed by atoms with Crippen LogP contribution in [0.3, 0.4) is 0 Å². The van der Waals surface area contributed by atoms with Gasteiger partial charge in [-0.15, -0.1) is 0 Å². The number of anilines is 1. The van der Waals surface area contributed by atoms with Gasteiger partial charge in [-0.2, -0.15) is 0 Å². The van der Waals surface area contributed by atoms with Crippen molar-refractivity contribution < 1.29 is 25.2 Å². The fourth-order valence-corrected chi connectivity index (χ4v) is 8.81. The highest BCUT2D eigenvalue weighted by Gasteiger charge is 2.53. The van der Waals surface area contributed by atoms with E-state index < -0.39 is 9.85 Å². The molecule has 15 heteroatoms. The molecule has 0 amide bonds. The number of hydrogen-bond donors (Lipinski definition) is 5. The van der Waals surface area contributed by atoms with Gasteiger partial charge in [-0.25, -0.2) is 4.98 Å². The average molecular weight is 755 g/mol. The Bertz CT molecular complexity index is 1620. The van der Waals surface area contributed by atoms with Crippen molar-refractivity contribution in [3.8, 4) is 0 Å². The van der Waals surface area contributed by atoms with E-state index in [1.165, 1.54) is 36.7 Å². The molecular weight excluding hydrogens is 710 g/mol. The number of nitrogen functional groups attached to an aromatic ring is 1. The van der Waals surface area contributed by atoms with E-state index in [-0.39, 0.29) is 29.9 Å². The molecule has 9 rings (SSSR count). The standard InChI is InChI=1S/C12H14N2O3.C12H16N2O.C6H11NO.C5H3BrN2O2/c15-10-5-12(6-10)3-9(4-12)8-1-2-11(13-7-8)14(16)17;13-11-2-1-8(7-14-11)9-3-12(4-9)5-10(15)6-12;8-5-1-6(2-5)3-7-4-6;6-4-1-2-5(7-3-4)8(9)10/h1-2,7,9-10,15H,3-6H2;1-2,7,9-10,15H,3-6H2,(H2,13,14);5,7-8H,1-4H2;1-3H. The van der Waals surface area contributed by atoms with E-state index in [2.05, 4.69) is 42.3 Å². The second-order valence-corrected chi connectivity index (χ2v) is 16.2. The van der Waals surface area contributed by atoms with Gasteiger partial charge in [0.25, 0.3) is 0 Å². The molecule has 6 fully saturated rings. The number of pyridine rings is 3. The van der Waals surface area contributed by atoms with E-state index in [9.17, 15) is 30.4 Å². The Morgan fingerprint density at radius 3 is 1.36 bits per heavy atom. The van der Waals surface area contributed by atoms with Crippen LogP contribution in [0.1, 0.15) is 87.2 Å². The van der Waals surface area contributed by atoms with Crippen molar-refractivity contribution in [2.24, 2.45) is 16.2 Å². The van der Waals surface area contributed by atoms with Gasteiger partial charge in [0, 0.05) is 36.8 Å². The molecule has 5 saturated carbocycles. The van der Waals surface area contributed by atoms with Crippen molar-refractivity contribution in [2.45, 2.75) is 94.4 Å². The topological polar surface area (TPSA) is 224 Å². The lowest BCUT2D eigenvalue weighted by atomic mass is 9.50. The molecule has 0 atom stereocenters. The zero-order valence-electron chi connectivity index (χ0n) is 27.7. The average Bonchev–Trinajstić information content (AvgIpc) is 2.98. The maximum absolute atomic E-state index is 10.5. The predicted octanol–water partition coefficient (Wildman–Crippen LogP) is 5.17. The zero-order valence-corrected chi connectivity index (χ0v) is 29.3. The second kappa shape index (κ2) is 14.5. The van der Waals surface area contributed by atoms with Crippen LogP contribution in [0, 0.1) is 36.5 Å². The van der Waals surface area contributed by atoms with E-state index in [0.717, 1.165) is 74.5 Å². The molecule has 1 aliphatic heterocycles. The Labute approximate surface area is 298 Å². The molecule has 14 nitrogen and oxygen atoms in total. The molecule has 1 saturated heterocycles. The van der Waals surface area contributed by atoms with Crippen molar-refractivity contribution in [2.75, 3.05) is 18.8 Å². The van der Waals surface area contributed by atoms with Crippen LogP contribution in [0.4, 0.5) is 17.5 Å². The monoisotopic (exact) mass is 753 g/mol. The van der Waals surface area contributed by atoms with Crippen molar-refractivity contribution in [1.29, 1.82) is 0 Å². The fraction of sp³-hybridized carbons (Fsp3) is 0.571. The molecule has 0 bridgehead atoms. The molecule has 3 spiro atoms. The number of aromatic nitrogens is 3. The van der Waals surface area contributed by atoms with Crippen LogP contribution in [-0.2, 0) is 0 Å². The summed E-state index contributed by atoms with van der Waals surface area (Å²) in [7, 11) is 0. The highest BCUT2D eigenvalue weighted by atomic mass is 79.9. The van der Waals surface area contributed by atoms with Crippen molar-refractivity contribution in [1.82, 2.24) is 20.3 Å². The summed E-state index contributed by atoms with van der Waals surface area (Å²) in [4.78, 5) is 31.0. The van der Waals surface area contributed by atoms with Gasteiger partial charge in [0.15, 0.2) is 6.20 Å². The highest BCUT2D eigenvalue weighted by Crippen LogP contribution is 2.62. The van der Waals surface area contributed by atoms with Gasteiger partial charge in [-0.05, 0) is 152 Å². The number of nitrogens with zero attached hydrogens (tertiary/aromatic N) is 5. The van der Waals surface area contributed by atoms with Gasteiger partial charge < -0.3 is 46.6 Å². The normalized spacial score (nSPS) is 30.8. The van der Waals surface area contributed by atoms with E-state index >= 15 is 0 Å². The lowest BCUT2D eigenvalue weighted by Gasteiger charge is -2.56. The van der Waals surface area contributed by atoms with Crippen LogP contribution in [0.15, 0.2) is 59.5 Å². The first-order valence-electron chi connectivity index (χ1n) is 17.1. The van der Waals surface area contributed by atoms with Crippen LogP contribution in [-0.4, -0.2) is 71.5 Å². The van der Waals surface area contributed by atoms with Crippen LogP contribution >= 0.6 is 15.9 Å². The first kappa shape index (κ1) is 36.2. The van der Waals surface area contributed by atoms with E-state index in [0.29, 0.717) is 33.9 Å². The minimum Gasteiger partial charge on any atom is -0.393 e. The zero-order chi connectivity index (χ0) is 35.7. The lowest BCUT2D eigenvalue weighted by Crippen LogP contribution is -2.61. The summed E-state index contributed by atoms with van der Waals surface area (Å²) in [5.41, 5.74) is 9.34. The number of nitrogens with two attached hydrogens (primary N) is 1. The van der Waals surface area contributed by atoms with Gasteiger partial charge in [0.2, 0.25) is 0 Å². The SMILES string of the molecule is Nc1ccc(C2CC3(CC(O)C3)C2)cn1.O=[N+]([O-])c1ccc(Br)cn1.O=[N+]([O-])c1ccc(C2CC3(CC(O)C3)C2)cn1.OC1CC2(CNC2)C1. The molecule has 5 aliphatic carbocycles. The molecule has 268 valence electrons. The Hall–Kier alpha value is -3.63. The predicted molar refractivity (Wildman–Crippen MR) is 188 cm³/mol. The summed E-state index contributed by atoms with van der Waals surface area (Å²) in [5.74, 6) is 1.47. The number of nitro groups is 2. The Morgan fingerprint density at radius 2 is 1.06 bits per heavy atom. The number of nitrogens with one attached hydrogen (secondary N) is 1. The quantitative estimate of drug-likeness (QED) is 0.172.